The molecule has 0 atom stereocenters. The maximum atomic E-state index is 13.5. The maximum Gasteiger partial charge on any atom is 0.269 e. The van der Waals surface area contributed by atoms with Crippen LogP contribution in [-0.4, -0.2) is 41.2 Å². The molecular formula is C25H22N4O2S2. The van der Waals surface area contributed by atoms with Crippen molar-refractivity contribution >= 4 is 56.9 Å². The molecule has 2 aliphatic heterocycles. The number of carbonyl (C=O) groups is 1. The highest BCUT2D eigenvalue weighted by Crippen LogP contribution is 2.51. The van der Waals surface area contributed by atoms with Gasteiger partial charge in [0.15, 0.2) is 5.17 Å². The Kier molecular flexibility index (Phi) is 5.86. The number of aliphatic imine (C=N–C) groups is 1. The number of aromatic nitrogens is 1. The molecule has 3 aromatic rings. The number of rotatable bonds is 5. The lowest BCUT2D eigenvalue weighted by atomic mass is 10.2. The highest BCUT2D eigenvalue weighted by atomic mass is 32.2. The predicted octanol–water partition coefficient (Wildman–Crippen LogP) is 5.79. The number of nitrogens with zero attached hydrogens (tertiary/aromatic N) is 4. The fraction of sp³-hybridized carbons (Fsp3) is 0.160. The highest BCUT2D eigenvalue weighted by Gasteiger charge is 2.39. The number of ether oxygens (including phenoxy) is 1. The van der Waals surface area contributed by atoms with Crippen molar-refractivity contribution < 1.29 is 9.53 Å². The molecule has 0 aliphatic carbocycles. The summed E-state index contributed by atoms with van der Waals surface area (Å²) in [6.45, 7) is 7.06. The minimum absolute atomic E-state index is 0.0539. The van der Waals surface area contributed by atoms with E-state index in [0.29, 0.717) is 16.6 Å². The van der Waals surface area contributed by atoms with Crippen LogP contribution in [0.15, 0.2) is 87.2 Å². The van der Waals surface area contributed by atoms with Gasteiger partial charge in [-0.1, -0.05) is 23.9 Å². The van der Waals surface area contributed by atoms with Gasteiger partial charge < -0.3 is 9.64 Å². The summed E-state index contributed by atoms with van der Waals surface area (Å²) in [6, 6.07) is 15.8. The van der Waals surface area contributed by atoms with E-state index in [1.54, 1.807) is 36.0 Å². The molecule has 2 aromatic carbocycles. The summed E-state index contributed by atoms with van der Waals surface area (Å²) in [4.78, 5) is 28.3. The lowest BCUT2D eigenvalue weighted by Gasteiger charge is -2.19. The van der Waals surface area contributed by atoms with Crippen LogP contribution in [0.25, 0.3) is 10.9 Å². The molecular weight excluding hydrogens is 452 g/mol. The third-order valence-corrected chi connectivity index (χ3v) is 7.78. The minimum atomic E-state index is -0.0539. The summed E-state index contributed by atoms with van der Waals surface area (Å²) >= 11 is 3.02. The van der Waals surface area contributed by atoms with Gasteiger partial charge in [0.1, 0.15) is 15.7 Å². The van der Waals surface area contributed by atoms with Crippen molar-refractivity contribution in [2.24, 2.45) is 4.99 Å². The van der Waals surface area contributed by atoms with E-state index in [9.17, 15) is 4.79 Å². The van der Waals surface area contributed by atoms with Crippen LogP contribution in [0.4, 0.5) is 11.4 Å². The fourth-order valence-corrected chi connectivity index (χ4v) is 6.21. The molecule has 5 rings (SSSR count). The topological polar surface area (TPSA) is 58.0 Å². The van der Waals surface area contributed by atoms with Crippen molar-refractivity contribution in [1.82, 2.24) is 9.88 Å². The summed E-state index contributed by atoms with van der Waals surface area (Å²) in [5.41, 5.74) is 2.75. The lowest BCUT2D eigenvalue weighted by molar-refractivity contribution is -0.121. The largest absolute Gasteiger partial charge is 0.497 e. The number of hydrogen-bond acceptors (Lipinski definition) is 7. The summed E-state index contributed by atoms with van der Waals surface area (Å²) < 4.78 is 5.41. The first-order valence-electron chi connectivity index (χ1n) is 10.5. The third kappa shape index (κ3) is 3.89. The Hall–Kier alpha value is -3.23. The average Bonchev–Trinajstić information content (AvgIpc) is 3.36. The number of thioether (sulfide) groups is 2. The zero-order valence-electron chi connectivity index (χ0n) is 18.3. The van der Waals surface area contributed by atoms with Crippen molar-refractivity contribution in [2.75, 3.05) is 25.1 Å². The molecule has 166 valence electrons. The Bertz CT molecular complexity index is 1330. The van der Waals surface area contributed by atoms with E-state index in [1.165, 1.54) is 11.8 Å². The molecule has 2 aliphatic rings. The summed E-state index contributed by atoms with van der Waals surface area (Å²) in [5.74, 6) is 0.743. The first kappa shape index (κ1) is 21.6. The molecule has 0 unspecified atom stereocenters. The molecule has 0 saturated carbocycles. The van der Waals surface area contributed by atoms with Crippen molar-refractivity contribution in [3.05, 3.63) is 77.3 Å². The second-order valence-electron chi connectivity index (χ2n) is 7.40. The van der Waals surface area contributed by atoms with Gasteiger partial charge in [0, 0.05) is 35.6 Å². The molecule has 0 N–H and O–H groups in total. The van der Waals surface area contributed by atoms with Gasteiger partial charge in [0.2, 0.25) is 0 Å². The second kappa shape index (κ2) is 8.96. The number of pyridine rings is 1. The Morgan fingerprint density at radius 2 is 2.03 bits per heavy atom. The number of fused-ring (bicyclic) bond motifs is 2. The zero-order chi connectivity index (χ0) is 22.9. The zero-order valence-corrected chi connectivity index (χ0v) is 19.9. The van der Waals surface area contributed by atoms with Crippen molar-refractivity contribution in [1.29, 1.82) is 0 Å². The van der Waals surface area contributed by atoms with Gasteiger partial charge >= 0.3 is 0 Å². The molecule has 0 radical (unpaired) electrons. The standard InChI is InChI=1S/C25H22N4O2S2/c1-4-13-29-23(30)22(24-28(5-2)20-15-18(31-3)9-11-21(20)32-24)33-25(29)27-17-8-10-19-16(14-17)7-6-12-26-19/h4,6-12,14-15H,1,5,13H2,2-3H3/b24-22-,27-25?. The van der Waals surface area contributed by atoms with Gasteiger partial charge in [-0.3, -0.25) is 14.7 Å². The minimum Gasteiger partial charge on any atom is -0.497 e. The van der Waals surface area contributed by atoms with E-state index < -0.39 is 0 Å². The Morgan fingerprint density at radius 1 is 1.15 bits per heavy atom. The summed E-state index contributed by atoms with van der Waals surface area (Å²) in [7, 11) is 1.66. The monoisotopic (exact) mass is 474 g/mol. The highest BCUT2D eigenvalue weighted by molar-refractivity contribution is 8.19. The summed E-state index contributed by atoms with van der Waals surface area (Å²) in [5, 5.41) is 2.59. The number of hydrogen-bond donors (Lipinski definition) is 0. The van der Waals surface area contributed by atoms with E-state index in [4.69, 9.17) is 9.73 Å². The molecule has 3 heterocycles. The molecule has 8 heteroatoms. The van der Waals surface area contributed by atoms with E-state index >= 15 is 0 Å². The van der Waals surface area contributed by atoms with Crippen molar-refractivity contribution in [3.63, 3.8) is 0 Å². The van der Waals surface area contributed by atoms with Gasteiger partial charge in [-0.05, 0) is 55.1 Å². The molecule has 6 nitrogen and oxygen atoms in total. The van der Waals surface area contributed by atoms with Gasteiger partial charge in [0.25, 0.3) is 5.91 Å². The van der Waals surface area contributed by atoms with E-state index in [0.717, 1.165) is 44.5 Å². The van der Waals surface area contributed by atoms with Crippen molar-refractivity contribution in [3.8, 4) is 5.75 Å². The van der Waals surface area contributed by atoms with Gasteiger partial charge in [-0.15, -0.1) is 6.58 Å². The van der Waals surface area contributed by atoms with Gasteiger partial charge in [0.05, 0.1) is 24.0 Å². The van der Waals surface area contributed by atoms with E-state index in [2.05, 4.69) is 23.4 Å². The van der Waals surface area contributed by atoms with Crippen LogP contribution in [-0.2, 0) is 4.79 Å². The molecule has 1 amide bonds. The Balaban J connectivity index is 1.55. The quantitative estimate of drug-likeness (QED) is 0.344. The fourth-order valence-electron chi connectivity index (χ4n) is 3.82. The molecule has 1 aromatic heterocycles. The van der Waals surface area contributed by atoms with Gasteiger partial charge in [-0.2, -0.15) is 0 Å². The molecule has 33 heavy (non-hydrogen) atoms. The average molecular weight is 475 g/mol. The van der Waals surface area contributed by atoms with E-state index in [-0.39, 0.29) is 5.91 Å². The molecule has 1 saturated heterocycles. The number of carbonyl (C=O) groups excluding carboxylic acids is 1. The predicted molar refractivity (Wildman–Crippen MR) is 137 cm³/mol. The molecule has 0 spiro atoms. The summed E-state index contributed by atoms with van der Waals surface area (Å²) in [6.07, 6.45) is 3.50. The van der Waals surface area contributed by atoms with Crippen molar-refractivity contribution in [2.45, 2.75) is 11.8 Å². The van der Waals surface area contributed by atoms with Crippen LogP contribution in [0, 0.1) is 0 Å². The van der Waals surface area contributed by atoms with Crippen LogP contribution in [0.1, 0.15) is 6.92 Å². The second-order valence-corrected chi connectivity index (χ2v) is 9.40. The molecule has 0 bridgehead atoms. The van der Waals surface area contributed by atoms with Crippen LogP contribution < -0.4 is 9.64 Å². The van der Waals surface area contributed by atoms with Crippen LogP contribution in [0.2, 0.25) is 0 Å². The Morgan fingerprint density at radius 3 is 2.82 bits per heavy atom. The third-order valence-electron chi connectivity index (χ3n) is 5.41. The van der Waals surface area contributed by atoms with Crippen LogP contribution in [0.3, 0.4) is 0 Å². The maximum absolute atomic E-state index is 13.5. The lowest BCUT2D eigenvalue weighted by Crippen LogP contribution is -2.30. The first-order valence-corrected chi connectivity index (χ1v) is 12.2. The number of benzene rings is 2. The van der Waals surface area contributed by atoms with Gasteiger partial charge in [-0.25, -0.2) is 4.99 Å². The van der Waals surface area contributed by atoms with Crippen LogP contribution in [0.5, 0.6) is 5.75 Å². The molecule has 1 fully saturated rings. The smallest absolute Gasteiger partial charge is 0.269 e. The number of methoxy groups -OCH3 is 1. The van der Waals surface area contributed by atoms with E-state index in [1.807, 2.05) is 48.5 Å². The number of amides is 1. The number of amidine groups is 1. The Labute approximate surface area is 201 Å². The first-order chi connectivity index (χ1) is 16.1. The SMILES string of the molecule is C=CCN1C(=O)/C(=C2/Sc3ccc(OC)cc3N2CC)SC1=Nc1ccc2ncccc2c1. The van der Waals surface area contributed by atoms with Crippen LogP contribution >= 0.6 is 23.5 Å². The normalized spacial score (nSPS) is 19.0. The number of anilines is 1.